The van der Waals surface area contributed by atoms with E-state index in [-0.39, 0.29) is 5.56 Å². The highest BCUT2D eigenvalue weighted by molar-refractivity contribution is 6.35. The highest BCUT2D eigenvalue weighted by Gasteiger charge is 2.11. The Morgan fingerprint density at radius 3 is 2.80 bits per heavy atom. The number of carbonyl (C=O) groups is 1. The molecule has 1 N–H and O–H groups in total. The third kappa shape index (κ3) is 2.12. The second kappa shape index (κ2) is 4.94. The summed E-state index contributed by atoms with van der Waals surface area (Å²) in [5, 5.41) is 11.6. The van der Waals surface area contributed by atoms with Crippen molar-refractivity contribution in [3.63, 3.8) is 0 Å². The Balaban J connectivity index is 2.31. The van der Waals surface area contributed by atoms with Gasteiger partial charge in [0.25, 0.3) is 0 Å². The van der Waals surface area contributed by atoms with Gasteiger partial charge < -0.3 is 5.11 Å². The van der Waals surface area contributed by atoms with Crippen molar-refractivity contribution in [2.75, 3.05) is 0 Å². The van der Waals surface area contributed by atoms with E-state index in [0.717, 1.165) is 21.9 Å². The first kappa shape index (κ1) is 12.6. The van der Waals surface area contributed by atoms with Crippen molar-refractivity contribution < 1.29 is 9.90 Å². The number of hydrogen-bond donors (Lipinski definition) is 1. The van der Waals surface area contributed by atoms with Gasteiger partial charge in [-0.15, -0.1) is 0 Å². The molecule has 0 spiro atoms. The number of aromatic carboxylic acids is 1. The van der Waals surface area contributed by atoms with E-state index in [4.69, 9.17) is 16.7 Å². The van der Waals surface area contributed by atoms with Crippen LogP contribution in [0.1, 0.15) is 10.4 Å². The summed E-state index contributed by atoms with van der Waals surface area (Å²) in [6.07, 6.45) is 3.46. The van der Waals surface area contributed by atoms with Crippen molar-refractivity contribution in [3.8, 4) is 11.1 Å². The lowest BCUT2D eigenvalue weighted by Crippen LogP contribution is -1.96. The minimum Gasteiger partial charge on any atom is -0.478 e. The van der Waals surface area contributed by atoms with E-state index in [1.807, 2.05) is 18.2 Å². The van der Waals surface area contributed by atoms with Gasteiger partial charge in [0.15, 0.2) is 0 Å². The van der Waals surface area contributed by atoms with Crippen molar-refractivity contribution in [2.45, 2.75) is 0 Å². The van der Waals surface area contributed by atoms with Gasteiger partial charge in [-0.3, -0.25) is 4.98 Å². The van der Waals surface area contributed by atoms with Gasteiger partial charge in [0.2, 0.25) is 0 Å². The molecule has 0 saturated carbocycles. The maximum atomic E-state index is 11.1. The Bertz CT molecular complexity index is 814. The summed E-state index contributed by atoms with van der Waals surface area (Å²) in [7, 11) is 0. The molecule has 0 aliphatic heterocycles. The molecule has 0 aliphatic rings. The topological polar surface area (TPSA) is 50.2 Å². The number of rotatable bonds is 2. The molecule has 0 radical (unpaired) electrons. The van der Waals surface area contributed by atoms with Crippen LogP contribution in [0, 0.1) is 0 Å². The molecule has 4 heteroatoms. The van der Waals surface area contributed by atoms with Crippen molar-refractivity contribution in [1.82, 2.24) is 4.98 Å². The van der Waals surface area contributed by atoms with Crippen LogP contribution in [-0.4, -0.2) is 16.1 Å². The molecule has 0 bridgehead atoms. The lowest BCUT2D eigenvalue weighted by atomic mass is 9.98. The van der Waals surface area contributed by atoms with Crippen LogP contribution < -0.4 is 0 Å². The third-order valence-corrected chi connectivity index (χ3v) is 3.48. The fourth-order valence-corrected chi connectivity index (χ4v) is 2.52. The summed E-state index contributed by atoms with van der Waals surface area (Å²) in [4.78, 5) is 15.2. The van der Waals surface area contributed by atoms with Crippen LogP contribution in [0.5, 0.6) is 0 Å². The summed E-state index contributed by atoms with van der Waals surface area (Å²) < 4.78 is 0. The number of fused-ring (bicyclic) bond motifs is 1. The van der Waals surface area contributed by atoms with Gasteiger partial charge in [0.05, 0.1) is 5.56 Å². The summed E-state index contributed by atoms with van der Waals surface area (Å²) in [6.45, 7) is 0. The molecule has 0 amide bonds. The normalized spacial score (nSPS) is 10.7. The number of pyridine rings is 1. The molecule has 1 heterocycles. The Kier molecular flexibility index (Phi) is 3.12. The van der Waals surface area contributed by atoms with Gasteiger partial charge in [-0.25, -0.2) is 4.79 Å². The molecule has 20 heavy (non-hydrogen) atoms. The zero-order valence-electron chi connectivity index (χ0n) is 10.4. The molecular formula is C16H10ClNO2. The molecule has 3 rings (SSSR count). The van der Waals surface area contributed by atoms with Gasteiger partial charge in [0, 0.05) is 28.4 Å². The third-order valence-electron chi connectivity index (χ3n) is 3.17. The van der Waals surface area contributed by atoms with Crippen LogP contribution in [0.25, 0.3) is 21.9 Å². The zero-order valence-corrected chi connectivity index (χ0v) is 11.1. The van der Waals surface area contributed by atoms with Crippen LogP contribution in [0.3, 0.4) is 0 Å². The molecule has 2 aromatic carbocycles. The highest BCUT2D eigenvalue weighted by atomic mass is 35.5. The average Bonchev–Trinajstić information content (AvgIpc) is 2.47. The Labute approximate surface area is 120 Å². The lowest BCUT2D eigenvalue weighted by Gasteiger charge is -2.09. The maximum absolute atomic E-state index is 11.1. The smallest absolute Gasteiger partial charge is 0.335 e. The molecule has 0 aliphatic carbocycles. The molecule has 3 nitrogen and oxygen atoms in total. The first-order valence-electron chi connectivity index (χ1n) is 6.03. The van der Waals surface area contributed by atoms with Gasteiger partial charge in [0.1, 0.15) is 0 Å². The number of hydrogen-bond acceptors (Lipinski definition) is 2. The lowest BCUT2D eigenvalue weighted by molar-refractivity contribution is 0.0697. The number of benzene rings is 2. The van der Waals surface area contributed by atoms with Gasteiger partial charge in [-0.1, -0.05) is 29.8 Å². The van der Waals surface area contributed by atoms with Crippen LogP contribution in [0.4, 0.5) is 0 Å². The van der Waals surface area contributed by atoms with Gasteiger partial charge >= 0.3 is 5.97 Å². The number of carboxylic acid groups (broad SMARTS) is 1. The van der Waals surface area contributed by atoms with Crippen LogP contribution in [0.2, 0.25) is 5.02 Å². The van der Waals surface area contributed by atoms with Crippen LogP contribution >= 0.6 is 11.6 Å². The molecule has 0 fully saturated rings. The van der Waals surface area contributed by atoms with Crippen molar-refractivity contribution in [1.29, 1.82) is 0 Å². The van der Waals surface area contributed by atoms with E-state index in [1.165, 1.54) is 0 Å². The fourth-order valence-electron chi connectivity index (χ4n) is 2.24. The van der Waals surface area contributed by atoms with E-state index in [2.05, 4.69) is 4.98 Å². The number of carboxylic acids is 1. The molecule has 0 saturated heterocycles. The summed E-state index contributed by atoms with van der Waals surface area (Å²) in [6, 6.07) is 12.3. The SMILES string of the molecule is O=C(O)c1cccc(-c2c(Cl)ccc3cnccc23)c1. The summed E-state index contributed by atoms with van der Waals surface area (Å²) >= 11 is 6.30. The van der Waals surface area contributed by atoms with Gasteiger partial charge in [-0.05, 0) is 35.2 Å². The number of aromatic nitrogens is 1. The van der Waals surface area contributed by atoms with Crippen LogP contribution in [0.15, 0.2) is 54.9 Å². The van der Waals surface area contributed by atoms with E-state index >= 15 is 0 Å². The Morgan fingerprint density at radius 2 is 2.00 bits per heavy atom. The molecule has 1 aromatic heterocycles. The van der Waals surface area contributed by atoms with Crippen molar-refractivity contribution >= 4 is 28.3 Å². The predicted octanol–water partition coefficient (Wildman–Crippen LogP) is 4.25. The molecule has 0 atom stereocenters. The molecule has 0 unspecified atom stereocenters. The molecule has 98 valence electrons. The zero-order chi connectivity index (χ0) is 14.1. The average molecular weight is 284 g/mol. The predicted molar refractivity (Wildman–Crippen MR) is 79.1 cm³/mol. The standard InChI is InChI=1S/C16H10ClNO2/c17-14-5-4-12-9-18-7-6-13(12)15(14)10-2-1-3-11(8-10)16(19)20/h1-9H,(H,19,20). The first-order valence-corrected chi connectivity index (χ1v) is 6.40. The van der Waals surface area contributed by atoms with E-state index in [9.17, 15) is 4.79 Å². The maximum Gasteiger partial charge on any atom is 0.335 e. The molecular weight excluding hydrogens is 274 g/mol. The monoisotopic (exact) mass is 283 g/mol. The number of nitrogens with zero attached hydrogens (tertiary/aromatic N) is 1. The quantitative estimate of drug-likeness (QED) is 0.765. The van der Waals surface area contributed by atoms with E-state index < -0.39 is 5.97 Å². The van der Waals surface area contributed by atoms with E-state index in [0.29, 0.717) is 5.02 Å². The fraction of sp³-hybridized carbons (Fsp3) is 0. The summed E-state index contributed by atoms with van der Waals surface area (Å²) in [5.41, 5.74) is 1.85. The van der Waals surface area contributed by atoms with Gasteiger partial charge in [-0.2, -0.15) is 0 Å². The first-order chi connectivity index (χ1) is 9.66. The summed E-state index contributed by atoms with van der Waals surface area (Å²) in [5.74, 6) is -0.954. The largest absolute Gasteiger partial charge is 0.478 e. The minimum absolute atomic E-state index is 0.240. The number of halogens is 1. The molecule has 3 aromatic rings. The second-order valence-electron chi connectivity index (χ2n) is 4.41. The van der Waals surface area contributed by atoms with Crippen molar-refractivity contribution in [2.24, 2.45) is 0 Å². The second-order valence-corrected chi connectivity index (χ2v) is 4.81. The van der Waals surface area contributed by atoms with Crippen molar-refractivity contribution in [3.05, 3.63) is 65.4 Å². The highest BCUT2D eigenvalue weighted by Crippen LogP contribution is 2.35. The van der Waals surface area contributed by atoms with E-state index in [1.54, 1.807) is 36.7 Å². The Hall–Kier alpha value is -2.39. The van der Waals surface area contributed by atoms with Crippen LogP contribution in [-0.2, 0) is 0 Å². The minimum atomic E-state index is -0.954. The Morgan fingerprint density at radius 1 is 1.15 bits per heavy atom.